The number of hydrogen-bond donors (Lipinski definition) is 0. The third-order valence-corrected chi connectivity index (χ3v) is 10.1. The van der Waals surface area contributed by atoms with Crippen LogP contribution < -0.4 is 4.90 Å². The monoisotopic (exact) mass is 614 g/mol. The molecule has 0 saturated heterocycles. The van der Waals surface area contributed by atoms with E-state index < -0.39 is 10.0 Å². The van der Waals surface area contributed by atoms with E-state index in [2.05, 4.69) is 37.8 Å². The lowest BCUT2D eigenvalue weighted by Crippen LogP contribution is -2.39. The maximum Gasteiger partial charge on any atom is 0.260 e. The zero-order chi connectivity index (χ0) is 28.7. The van der Waals surface area contributed by atoms with Crippen molar-refractivity contribution in [2.75, 3.05) is 37.6 Å². The van der Waals surface area contributed by atoms with Gasteiger partial charge in [0.25, 0.3) is 5.91 Å². The molecule has 0 aliphatic rings. The number of amides is 1. The molecule has 1 heterocycles. The molecule has 0 bridgehead atoms. The molecule has 0 aliphatic heterocycles. The van der Waals surface area contributed by atoms with Crippen LogP contribution >= 0.6 is 23.7 Å². The largest absolute Gasteiger partial charge is 0.302 e. The van der Waals surface area contributed by atoms with Gasteiger partial charge in [0.05, 0.1) is 15.1 Å². The highest BCUT2D eigenvalue weighted by molar-refractivity contribution is 7.89. The van der Waals surface area contributed by atoms with E-state index in [0.717, 1.165) is 35.3 Å². The Kier molecular flexibility index (Phi) is 11.9. The summed E-state index contributed by atoms with van der Waals surface area (Å²) in [6.07, 6.45) is 0.934. The second-order valence-electron chi connectivity index (χ2n) is 9.58. The summed E-state index contributed by atoms with van der Waals surface area (Å²) in [4.78, 5) is 22.8. The minimum absolute atomic E-state index is 0. The Morgan fingerprint density at radius 3 is 2.12 bits per heavy atom. The molecule has 1 amide bonds. The standard InChI is InChI=1S/C31H38N4O3S2.ClH/c1-5-24-14-19-28-29(22-24)39-31(32-28)35(21-20-33(6-2)7-3)30(36)26-15-17-27(18-16-26)40(37,38)34(8-4)23-25-12-10-9-11-13-25;/h9-19,22H,5-8,20-21,23H2,1-4H3;1H. The molecule has 4 aromatic rings. The molecule has 7 nitrogen and oxygen atoms in total. The van der Waals surface area contributed by atoms with E-state index in [-0.39, 0.29) is 29.8 Å². The summed E-state index contributed by atoms with van der Waals surface area (Å²) in [6, 6.07) is 22.0. The quantitative estimate of drug-likeness (QED) is 0.172. The van der Waals surface area contributed by atoms with Crippen LogP contribution in [0.25, 0.3) is 10.2 Å². The number of thiazole rings is 1. The van der Waals surface area contributed by atoms with E-state index in [0.29, 0.717) is 30.3 Å². The Morgan fingerprint density at radius 2 is 1.51 bits per heavy atom. The summed E-state index contributed by atoms with van der Waals surface area (Å²) in [5.74, 6) is -0.192. The predicted molar refractivity (Wildman–Crippen MR) is 172 cm³/mol. The first kappa shape index (κ1) is 32.7. The average Bonchev–Trinajstić information content (AvgIpc) is 3.41. The summed E-state index contributed by atoms with van der Waals surface area (Å²) in [7, 11) is -3.72. The van der Waals surface area contributed by atoms with E-state index in [4.69, 9.17) is 4.98 Å². The predicted octanol–water partition coefficient (Wildman–Crippen LogP) is 6.48. The minimum Gasteiger partial charge on any atom is -0.302 e. The number of likely N-dealkylation sites (N-methyl/N-ethyl adjacent to an activating group) is 1. The number of sulfonamides is 1. The molecule has 0 fully saturated rings. The summed E-state index contributed by atoms with van der Waals surface area (Å²) in [5.41, 5.74) is 3.45. The van der Waals surface area contributed by atoms with Crippen molar-refractivity contribution in [3.63, 3.8) is 0 Å². The van der Waals surface area contributed by atoms with Crippen molar-refractivity contribution < 1.29 is 13.2 Å². The zero-order valence-electron chi connectivity index (χ0n) is 24.1. The number of aromatic nitrogens is 1. The Bertz CT molecular complexity index is 1520. The number of rotatable bonds is 13. The van der Waals surface area contributed by atoms with Gasteiger partial charge in [0.15, 0.2) is 5.13 Å². The van der Waals surface area contributed by atoms with Gasteiger partial charge in [0.1, 0.15) is 0 Å². The van der Waals surface area contributed by atoms with E-state index in [9.17, 15) is 13.2 Å². The van der Waals surface area contributed by atoms with Crippen molar-refractivity contribution in [1.29, 1.82) is 0 Å². The van der Waals surface area contributed by atoms with Gasteiger partial charge >= 0.3 is 0 Å². The fourth-order valence-corrected chi connectivity index (χ4v) is 7.08. The smallest absolute Gasteiger partial charge is 0.260 e. The first-order chi connectivity index (χ1) is 19.3. The van der Waals surface area contributed by atoms with Crippen LogP contribution in [0.5, 0.6) is 0 Å². The van der Waals surface area contributed by atoms with E-state index >= 15 is 0 Å². The minimum atomic E-state index is -3.72. The summed E-state index contributed by atoms with van der Waals surface area (Å²) in [6.45, 7) is 11.8. The van der Waals surface area contributed by atoms with Crippen LogP contribution in [0.1, 0.15) is 49.2 Å². The van der Waals surface area contributed by atoms with E-state index in [1.165, 1.54) is 33.3 Å². The molecule has 0 saturated carbocycles. The maximum atomic E-state index is 13.8. The van der Waals surface area contributed by atoms with Crippen LogP contribution in [0.15, 0.2) is 77.7 Å². The van der Waals surface area contributed by atoms with Crippen LogP contribution in [0.2, 0.25) is 0 Å². The molecular weight excluding hydrogens is 576 g/mol. The van der Waals surface area contributed by atoms with Crippen molar-refractivity contribution in [1.82, 2.24) is 14.2 Å². The van der Waals surface area contributed by atoms with Gasteiger partial charge in [0, 0.05) is 31.7 Å². The van der Waals surface area contributed by atoms with Crippen LogP contribution in [-0.4, -0.2) is 61.2 Å². The topological polar surface area (TPSA) is 73.8 Å². The SMILES string of the molecule is CCc1ccc2nc(N(CCN(CC)CC)C(=O)c3ccc(S(=O)(=O)N(CC)Cc4ccccc4)cc3)sc2c1.Cl. The number of anilines is 1. The lowest BCUT2D eigenvalue weighted by Gasteiger charge is -2.25. The number of hydrogen-bond acceptors (Lipinski definition) is 6. The summed E-state index contributed by atoms with van der Waals surface area (Å²) in [5, 5.41) is 0.650. The molecule has 10 heteroatoms. The highest BCUT2D eigenvalue weighted by atomic mass is 35.5. The fraction of sp³-hybridized carbons (Fsp3) is 0.355. The van der Waals surface area contributed by atoms with Crippen molar-refractivity contribution in [3.8, 4) is 0 Å². The highest BCUT2D eigenvalue weighted by Crippen LogP contribution is 2.31. The van der Waals surface area contributed by atoms with Crippen molar-refractivity contribution in [2.24, 2.45) is 0 Å². The molecule has 0 radical (unpaired) electrons. The Labute approximate surface area is 254 Å². The normalized spacial score (nSPS) is 11.7. The molecule has 4 rings (SSSR count). The average molecular weight is 615 g/mol. The molecule has 0 aliphatic carbocycles. The second-order valence-corrected chi connectivity index (χ2v) is 12.5. The Balaban J connectivity index is 0.00000462. The number of aryl methyl sites for hydroxylation is 1. The van der Waals surface area contributed by atoms with E-state index in [1.54, 1.807) is 17.0 Å². The molecule has 41 heavy (non-hydrogen) atoms. The van der Waals surface area contributed by atoms with Crippen LogP contribution in [0.4, 0.5) is 5.13 Å². The second kappa shape index (κ2) is 14.9. The molecule has 0 unspecified atom stereocenters. The Morgan fingerprint density at radius 1 is 0.829 bits per heavy atom. The van der Waals surface area contributed by atoms with Gasteiger partial charge < -0.3 is 4.90 Å². The van der Waals surface area contributed by atoms with Crippen molar-refractivity contribution >= 4 is 55.0 Å². The molecule has 0 N–H and O–H groups in total. The molecule has 0 spiro atoms. The van der Waals surface area contributed by atoms with Gasteiger partial charge in [-0.25, -0.2) is 13.4 Å². The number of halogens is 1. The number of benzene rings is 3. The third kappa shape index (κ3) is 7.72. The zero-order valence-corrected chi connectivity index (χ0v) is 26.6. The molecule has 3 aromatic carbocycles. The first-order valence-corrected chi connectivity index (χ1v) is 16.1. The molecule has 220 valence electrons. The van der Waals surface area contributed by atoms with Crippen LogP contribution in [0.3, 0.4) is 0 Å². The third-order valence-electron chi connectivity index (χ3n) is 7.15. The molecule has 1 aromatic heterocycles. The van der Waals surface area contributed by atoms with Crippen LogP contribution in [-0.2, 0) is 23.0 Å². The lowest BCUT2D eigenvalue weighted by molar-refractivity contribution is 0.0983. The molecular formula is C31H39ClN4O3S2. The summed E-state index contributed by atoms with van der Waals surface area (Å²) < 4.78 is 29.3. The van der Waals surface area contributed by atoms with Gasteiger partial charge in [-0.05, 0) is 67.0 Å². The van der Waals surface area contributed by atoms with Gasteiger partial charge in [-0.1, -0.05) is 75.4 Å². The Hall–Kier alpha value is -2.82. The fourth-order valence-electron chi connectivity index (χ4n) is 4.59. The highest BCUT2D eigenvalue weighted by Gasteiger charge is 2.26. The number of carbonyl (C=O) groups excluding carboxylic acids is 1. The first-order valence-electron chi connectivity index (χ1n) is 13.9. The lowest BCUT2D eigenvalue weighted by atomic mass is 10.2. The number of carbonyl (C=O) groups is 1. The summed E-state index contributed by atoms with van der Waals surface area (Å²) >= 11 is 1.51. The van der Waals surface area contributed by atoms with Gasteiger partial charge in [-0.3, -0.25) is 9.69 Å². The van der Waals surface area contributed by atoms with Crippen molar-refractivity contribution in [3.05, 3.63) is 89.5 Å². The van der Waals surface area contributed by atoms with Crippen LogP contribution in [0, 0.1) is 0 Å². The van der Waals surface area contributed by atoms with Crippen molar-refractivity contribution in [2.45, 2.75) is 45.6 Å². The van der Waals surface area contributed by atoms with Gasteiger partial charge in [-0.2, -0.15) is 4.31 Å². The van der Waals surface area contributed by atoms with E-state index in [1.807, 2.05) is 43.3 Å². The number of fused-ring (bicyclic) bond motifs is 1. The maximum absolute atomic E-state index is 13.8. The number of nitrogens with zero attached hydrogens (tertiary/aromatic N) is 4. The van der Waals surface area contributed by atoms with Gasteiger partial charge in [0.2, 0.25) is 10.0 Å². The molecule has 0 atom stereocenters. The van der Waals surface area contributed by atoms with Gasteiger partial charge in [-0.15, -0.1) is 12.4 Å².